The molecule has 1 aliphatic heterocycles. The Morgan fingerprint density at radius 2 is 0.885 bits per heavy atom. The number of phenols is 1. The fourth-order valence-corrected chi connectivity index (χ4v) is 14.4. The first-order valence-corrected chi connectivity index (χ1v) is 35.0. The summed E-state index contributed by atoms with van der Waals surface area (Å²) < 4.78 is 12.6. The fraction of sp³-hybridized carbons (Fsp3) is 0.206. The number of nitro groups is 3. The van der Waals surface area contributed by atoms with Crippen molar-refractivity contribution in [1.29, 1.82) is 0 Å². The largest absolute Gasteiger partial charge is 0.507 e. The van der Waals surface area contributed by atoms with Crippen molar-refractivity contribution in [3.8, 4) is 17.2 Å². The maximum atomic E-state index is 10.7. The second kappa shape index (κ2) is 33.0. The number of benzene rings is 8. The molecule has 0 amide bonds. The molecule has 0 saturated carbocycles. The normalized spacial score (nSPS) is 11.7. The number of aldehydes is 1. The van der Waals surface area contributed by atoms with Crippen molar-refractivity contribution in [3.63, 3.8) is 0 Å². The van der Waals surface area contributed by atoms with Gasteiger partial charge in [-0.25, -0.2) is 0 Å². The number of aryl methyl sites for hydroxylation is 6. The number of carbonyl (C=O) groups is 1. The molecule has 15 nitrogen and oxygen atoms in total. The van der Waals surface area contributed by atoms with Crippen molar-refractivity contribution >= 4 is 93.9 Å². The molecule has 0 aliphatic carbocycles. The van der Waals surface area contributed by atoms with Crippen molar-refractivity contribution < 1.29 is 47.7 Å². The Morgan fingerprint density at radius 3 is 1.21 bits per heavy atom. The quantitative estimate of drug-likeness (QED) is 0.0255. The molecule has 0 unspecified atom stereocenters. The van der Waals surface area contributed by atoms with Crippen LogP contribution in [-0.4, -0.2) is 62.4 Å². The van der Waals surface area contributed by atoms with Crippen LogP contribution in [0.1, 0.15) is 82.6 Å². The number of hydrogen-bond donors (Lipinski definition) is 1. The summed E-state index contributed by atoms with van der Waals surface area (Å²) in [5.41, 5.74) is 11.8. The van der Waals surface area contributed by atoms with Crippen LogP contribution in [0.25, 0.3) is 6.08 Å². The molecule has 1 aliphatic rings. The maximum Gasteiger partial charge on any atom is 0.270 e. The Balaban J connectivity index is 0.000000202. The Bertz CT molecular complexity index is 3560. The van der Waals surface area contributed by atoms with Gasteiger partial charge in [0.15, 0.2) is 6.29 Å². The second-order valence-electron chi connectivity index (χ2n) is 20.7. The van der Waals surface area contributed by atoms with Gasteiger partial charge < -0.3 is 19.6 Å². The summed E-state index contributed by atoms with van der Waals surface area (Å²) in [6.07, 6.45) is 6.62. The third kappa shape index (κ3) is 19.9. The fourth-order valence-electron chi connectivity index (χ4n) is 9.68. The first-order valence-electron chi connectivity index (χ1n) is 27.5. The Hall–Kier alpha value is -8.26. The van der Waals surface area contributed by atoms with Gasteiger partial charge in [-0.05, 0) is 113 Å². The number of phenolic OH excluding ortho intramolecular Hbond substituents is 1. The van der Waals surface area contributed by atoms with Crippen molar-refractivity contribution in [2.24, 2.45) is 0 Å². The SMILES string of the molecule is C=Cc1cc([N+](=O)[O-])ccc1OC(C)C.C=P(c1ccccc1)(c1ccccc1)c1ccccc1.CC(C)Oc1ccc([N+](=O)[O-])cc1[CH]=[Ru]([Cl])[Cl].Cc1cc(C)c(N2[CH-]N(c3c(C)cc(C)cc3C)CC2)c(C)c1.O=Cc1cc([N+](=O)[O-])ccc1O. The van der Waals surface area contributed by atoms with E-state index in [0.29, 0.717) is 28.9 Å². The topological polar surface area (TPSA) is 192 Å². The van der Waals surface area contributed by atoms with Gasteiger partial charge in [0, 0.05) is 54.3 Å². The summed E-state index contributed by atoms with van der Waals surface area (Å²) in [7, 11) is 11.6. The molecule has 458 valence electrons. The first kappa shape index (κ1) is 69.5. The smallest absolute Gasteiger partial charge is 0.270 e. The zero-order valence-electron chi connectivity index (χ0n) is 50.4. The minimum absolute atomic E-state index is 0.00360. The molecular weight excluding hydrogens is 1250 g/mol. The third-order valence-corrected chi connectivity index (χ3v) is 18.6. The maximum absolute atomic E-state index is 10.7. The summed E-state index contributed by atoms with van der Waals surface area (Å²) in [6.45, 7) is 26.9. The van der Waals surface area contributed by atoms with Crippen molar-refractivity contribution in [1.82, 2.24) is 0 Å². The number of aromatic hydroxyl groups is 1. The van der Waals surface area contributed by atoms with E-state index in [0.717, 1.165) is 31.3 Å². The molecule has 8 aromatic rings. The third-order valence-electron chi connectivity index (χ3n) is 13.2. The number of anilines is 2. The van der Waals surface area contributed by atoms with E-state index in [1.807, 2.05) is 27.7 Å². The van der Waals surface area contributed by atoms with Crippen molar-refractivity contribution in [3.05, 3.63) is 264 Å². The molecule has 87 heavy (non-hydrogen) atoms. The van der Waals surface area contributed by atoms with Gasteiger partial charge in [-0.2, -0.15) is 6.67 Å². The zero-order chi connectivity index (χ0) is 64.1. The minimum atomic E-state index is -2.05. The van der Waals surface area contributed by atoms with Gasteiger partial charge >= 0.3 is 112 Å². The van der Waals surface area contributed by atoms with E-state index in [9.17, 15) is 35.1 Å². The van der Waals surface area contributed by atoms with Gasteiger partial charge in [0.2, 0.25) is 0 Å². The number of halogens is 2. The molecule has 1 heterocycles. The van der Waals surface area contributed by atoms with Crippen LogP contribution < -0.4 is 35.2 Å². The standard InChI is InChI=1S/C21H27N2.C19H17P.C11H13NO3.C10H11NO3.C7H5NO4.2ClH.Ru/c1-14-9-16(3)20(17(4)10-14)22-7-8-23(13-22)21-18(5)11-15(2)12-19(21)6;1-20(17-11-5-2-6-12-17,18-13-7-3-8-14-18)19-15-9-4-10-16-19;1-4-9-7-10(12(13)14)5-6-11(9)15-8(2)3;1-7(2)14-10-5-4-9(11(12)13)6-8(10)3;9-4-5-3-6(8(11)12)1-2-7(5)10;;;/h9-13H,7-8H2,1-6H3;2-16H,1H2;4-8H,1H2,2-3H3;3-7H,1-2H3;1-4,10H;2*1H;/q-1;;;;;;;+2/p-2. The van der Waals surface area contributed by atoms with Gasteiger partial charge in [-0.3, -0.25) is 25.0 Å². The van der Waals surface area contributed by atoms with E-state index < -0.39 is 35.2 Å². The van der Waals surface area contributed by atoms with E-state index in [1.54, 1.807) is 22.8 Å². The van der Waals surface area contributed by atoms with Gasteiger partial charge in [-0.15, -0.1) is 0 Å². The summed E-state index contributed by atoms with van der Waals surface area (Å²) in [6, 6.07) is 53.2. The summed E-state index contributed by atoms with van der Waals surface area (Å²) >= 11 is -2.05. The molecule has 8 aromatic carbocycles. The molecule has 1 fully saturated rings. The number of ether oxygens (including phenoxy) is 2. The number of carbonyl (C=O) groups excluding carboxylic acids is 1. The van der Waals surface area contributed by atoms with Crippen LogP contribution >= 0.6 is 26.3 Å². The predicted molar refractivity (Wildman–Crippen MR) is 357 cm³/mol. The van der Waals surface area contributed by atoms with Crippen LogP contribution in [0.5, 0.6) is 17.2 Å². The summed E-state index contributed by atoms with van der Waals surface area (Å²) in [4.78, 5) is 44.9. The monoisotopic (exact) mass is 1320 g/mol. The average molecular weight is 1320 g/mol. The van der Waals surface area contributed by atoms with E-state index in [2.05, 4.69) is 180 Å². The molecule has 1 N–H and O–H groups in total. The number of rotatable bonds is 15. The molecule has 0 atom stereocenters. The van der Waals surface area contributed by atoms with Crippen molar-refractivity contribution in [2.45, 2.75) is 81.4 Å². The molecule has 9 rings (SSSR count). The molecule has 0 radical (unpaired) electrons. The van der Waals surface area contributed by atoms with E-state index >= 15 is 0 Å². The van der Waals surface area contributed by atoms with E-state index in [1.165, 1.54) is 84.9 Å². The van der Waals surface area contributed by atoms with E-state index in [4.69, 9.17) is 40.3 Å². The van der Waals surface area contributed by atoms with Gasteiger partial charge in [0.05, 0.1) is 21.5 Å². The number of non-ortho nitro benzene ring substituents is 3. The van der Waals surface area contributed by atoms with Crippen LogP contribution in [0.15, 0.2) is 176 Å². The second-order valence-corrected chi connectivity index (χ2v) is 29.6. The molecule has 0 spiro atoms. The molecule has 0 bridgehead atoms. The van der Waals surface area contributed by atoms with Crippen LogP contribution in [0.2, 0.25) is 0 Å². The molecule has 1 saturated heterocycles. The Labute approximate surface area is 523 Å². The number of nitro benzene ring substituents is 3. The average Bonchev–Trinajstić information content (AvgIpc) is 2.02. The Morgan fingerprint density at radius 1 is 0.552 bits per heavy atom. The van der Waals surface area contributed by atoms with Crippen LogP contribution in [0.4, 0.5) is 28.4 Å². The van der Waals surface area contributed by atoms with Crippen LogP contribution in [0, 0.1) is 78.6 Å². The van der Waals surface area contributed by atoms with Crippen molar-refractivity contribution in [2.75, 3.05) is 22.9 Å². The van der Waals surface area contributed by atoms with E-state index in [-0.39, 0.29) is 40.6 Å². The van der Waals surface area contributed by atoms with Crippen LogP contribution in [0.3, 0.4) is 0 Å². The molecular formula is C68H73Cl2N5O10PRu-. The van der Waals surface area contributed by atoms with Gasteiger partial charge in [-0.1, -0.05) is 145 Å². The molecule has 0 aromatic heterocycles. The first-order chi connectivity index (χ1) is 41.3. The van der Waals surface area contributed by atoms with Gasteiger partial charge in [0.1, 0.15) is 11.5 Å². The van der Waals surface area contributed by atoms with Crippen LogP contribution in [-0.2, 0) is 13.5 Å². The zero-order valence-corrected chi connectivity index (χ0v) is 54.5. The minimum Gasteiger partial charge on any atom is -0.507 e. The number of nitrogens with zero attached hydrogens (tertiary/aromatic N) is 5. The van der Waals surface area contributed by atoms with Gasteiger partial charge in [0.25, 0.3) is 11.4 Å². The Kier molecular flexibility index (Phi) is 26.4. The number of hydrogen-bond acceptors (Lipinski definition) is 12. The predicted octanol–water partition coefficient (Wildman–Crippen LogP) is 16.0. The molecule has 19 heteroatoms. The summed E-state index contributed by atoms with van der Waals surface area (Å²) in [5.74, 6) is 0.923. The summed E-state index contributed by atoms with van der Waals surface area (Å²) in [5, 5.41) is 44.3.